The van der Waals surface area contributed by atoms with E-state index >= 15 is 0 Å². The topological polar surface area (TPSA) is 66.4 Å². The van der Waals surface area contributed by atoms with Gasteiger partial charge < -0.3 is 10.4 Å². The summed E-state index contributed by atoms with van der Waals surface area (Å²) in [5, 5.41) is 10.9. The van der Waals surface area contributed by atoms with Gasteiger partial charge in [0, 0.05) is 5.69 Å². The molecule has 0 aliphatic carbocycles. The van der Waals surface area contributed by atoms with Gasteiger partial charge in [0.1, 0.15) is 5.25 Å². The maximum atomic E-state index is 12.1. The molecule has 1 amide bonds. The number of carbonyl (C=O) groups excluding carboxylic acids is 1. The number of thioether (sulfide) groups is 1. The Morgan fingerprint density at radius 2 is 2.00 bits per heavy atom. The minimum Gasteiger partial charge on any atom is -0.480 e. The molecule has 1 aromatic rings. The molecule has 0 aliphatic heterocycles. The summed E-state index contributed by atoms with van der Waals surface area (Å²) in [6.45, 7) is 7.48. The molecular formula is C15H21NO3S. The van der Waals surface area contributed by atoms with E-state index in [9.17, 15) is 9.59 Å². The number of hydrogen-bond donors (Lipinski definition) is 2. The average Bonchev–Trinajstić information content (AvgIpc) is 2.40. The van der Waals surface area contributed by atoms with Crippen molar-refractivity contribution in [2.45, 2.75) is 44.6 Å². The molecule has 4 nitrogen and oxygen atoms in total. The first kappa shape index (κ1) is 16.6. The fraction of sp³-hybridized carbons (Fsp3) is 0.467. The van der Waals surface area contributed by atoms with Crippen molar-refractivity contribution >= 4 is 29.3 Å². The molecule has 0 spiro atoms. The molecule has 0 fully saturated rings. The highest BCUT2D eigenvalue weighted by atomic mass is 32.2. The number of anilines is 1. The number of carboxylic acids is 1. The number of nitrogens with one attached hydrogen (secondary N) is 1. The van der Waals surface area contributed by atoms with Crippen LogP contribution in [0, 0.1) is 13.8 Å². The third-order valence-corrected chi connectivity index (χ3v) is 4.73. The van der Waals surface area contributed by atoms with Crippen LogP contribution in [0.4, 0.5) is 5.69 Å². The highest BCUT2D eigenvalue weighted by Crippen LogP contribution is 2.23. The second kappa shape index (κ2) is 7.33. The Hall–Kier alpha value is -1.49. The predicted molar refractivity (Wildman–Crippen MR) is 83.3 cm³/mol. The summed E-state index contributed by atoms with van der Waals surface area (Å²) < 4.78 is 0. The van der Waals surface area contributed by atoms with Crippen LogP contribution in [-0.2, 0) is 9.59 Å². The van der Waals surface area contributed by atoms with Gasteiger partial charge in [0.25, 0.3) is 0 Å². The number of amides is 1. The van der Waals surface area contributed by atoms with Crippen LogP contribution >= 0.6 is 11.8 Å². The number of aliphatic carboxylic acids is 1. The summed E-state index contributed by atoms with van der Waals surface area (Å²) in [4.78, 5) is 23.1. The molecule has 2 atom stereocenters. The molecule has 110 valence electrons. The van der Waals surface area contributed by atoms with Crippen LogP contribution in [0.3, 0.4) is 0 Å². The fourth-order valence-corrected chi connectivity index (χ4v) is 2.74. The maximum Gasteiger partial charge on any atom is 0.316 e. The molecule has 20 heavy (non-hydrogen) atoms. The summed E-state index contributed by atoms with van der Waals surface area (Å²) >= 11 is 1.18. The molecule has 0 aromatic heterocycles. The van der Waals surface area contributed by atoms with E-state index in [0.29, 0.717) is 6.42 Å². The Kier molecular flexibility index (Phi) is 6.07. The second-order valence-corrected chi connectivity index (χ2v) is 6.30. The quantitative estimate of drug-likeness (QED) is 0.845. The van der Waals surface area contributed by atoms with Crippen LogP contribution in [0.2, 0.25) is 0 Å². The van der Waals surface area contributed by atoms with Gasteiger partial charge in [0.15, 0.2) is 0 Å². The van der Waals surface area contributed by atoms with Gasteiger partial charge in [0.05, 0.1) is 5.25 Å². The van der Waals surface area contributed by atoms with Gasteiger partial charge in [-0.05, 0) is 44.4 Å². The van der Waals surface area contributed by atoms with Gasteiger partial charge in [-0.3, -0.25) is 9.59 Å². The first-order valence-corrected chi connectivity index (χ1v) is 7.56. The third-order valence-electron chi connectivity index (χ3n) is 3.25. The molecule has 5 heteroatoms. The molecule has 2 N–H and O–H groups in total. The number of carbonyl (C=O) groups is 2. The van der Waals surface area contributed by atoms with Crippen LogP contribution in [0.1, 0.15) is 31.4 Å². The van der Waals surface area contributed by atoms with Crippen LogP contribution in [0.25, 0.3) is 0 Å². The fourth-order valence-electron chi connectivity index (χ4n) is 1.76. The van der Waals surface area contributed by atoms with Crippen molar-refractivity contribution in [1.82, 2.24) is 0 Å². The molecule has 1 rings (SSSR count). The Balaban J connectivity index is 2.71. The number of carboxylic acid groups (broad SMARTS) is 1. The Bertz CT molecular complexity index is 502. The van der Waals surface area contributed by atoms with Crippen molar-refractivity contribution in [3.8, 4) is 0 Å². The minimum atomic E-state index is -0.871. The molecule has 0 saturated carbocycles. The summed E-state index contributed by atoms with van der Waals surface area (Å²) in [5.74, 6) is -1.03. The van der Waals surface area contributed by atoms with Crippen LogP contribution in [0.15, 0.2) is 18.2 Å². The molecule has 0 aliphatic rings. The van der Waals surface area contributed by atoms with Crippen molar-refractivity contribution in [3.63, 3.8) is 0 Å². The predicted octanol–water partition coefficient (Wildman–Crippen LogP) is 3.23. The summed E-state index contributed by atoms with van der Waals surface area (Å²) in [6.07, 6.45) is 0.501. The summed E-state index contributed by atoms with van der Waals surface area (Å²) in [6, 6.07) is 5.73. The average molecular weight is 295 g/mol. The molecule has 1 aromatic carbocycles. The normalized spacial score (nSPS) is 13.6. The molecule has 0 saturated heterocycles. The van der Waals surface area contributed by atoms with Gasteiger partial charge >= 0.3 is 5.97 Å². The van der Waals surface area contributed by atoms with Crippen LogP contribution in [-0.4, -0.2) is 27.5 Å². The highest BCUT2D eigenvalue weighted by Gasteiger charge is 2.23. The third kappa shape index (κ3) is 4.27. The first-order chi connectivity index (χ1) is 9.36. The van der Waals surface area contributed by atoms with E-state index in [0.717, 1.165) is 16.8 Å². The lowest BCUT2D eigenvalue weighted by Crippen LogP contribution is -2.27. The highest BCUT2D eigenvalue weighted by molar-refractivity contribution is 8.01. The molecule has 0 heterocycles. The lowest BCUT2D eigenvalue weighted by Gasteiger charge is -2.17. The van der Waals surface area contributed by atoms with Crippen molar-refractivity contribution in [2.24, 2.45) is 0 Å². The molecule has 0 radical (unpaired) electrons. The van der Waals surface area contributed by atoms with Gasteiger partial charge in [0.2, 0.25) is 5.91 Å². The lowest BCUT2D eigenvalue weighted by atomic mass is 10.1. The van der Waals surface area contributed by atoms with Crippen molar-refractivity contribution in [1.29, 1.82) is 0 Å². The SMILES string of the molecule is CCC(SC(C)C(=O)Nc1cccc(C)c1C)C(=O)O. The Labute approximate surface area is 124 Å². The number of benzene rings is 1. The first-order valence-electron chi connectivity index (χ1n) is 6.62. The standard InChI is InChI=1S/C15H21NO3S/c1-5-13(15(18)19)20-11(4)14(17)16-12-8-6-7-9(2)10(12)3/h6-8,11,13H,5H2,1-4H3,(H,16,17)(H,18,19). The van der Waals surface area contributed by atoms with E-state index in [1.54, 1.807) is 13.8 Å². The summed E-state index contributed by atoms with van der Waals surface area (Å²) in [7, 11) is 0. The lowest BCUT2D eigenvalue weighted by molar-refractivity contribution is -0.136. The Morgan fingerprint density at radius 3 is 2.55 bits per heavy atom. The van der Waals surface area contributed by atoms with E-state index < -0.39 is 16.5 Å². The van der Waals surface area contributed by atoms with E-state index in [1.165, 1.54) is 11.8 Å². The van der Waals surface area contributed by atoms with Crippen molar-refractivity contribution in [3.05, 3.63) is 29.3 Å². The van der Waals surface area contributed by atoms with E-state index in [1.807, 2.05) is 32.0 Å². The Morgan fingerprint density at radius 1 is 1.35 bits per heavy atom. The zero-order chi connectivity index (χ0) is 15.3. The van der Waals surface area contributed by atoms with Crippen LogP contribution in [0.5, 0.6) is 0 Å². The van der Waals surface area contributed by atoms with Crippen LogP contribution < -0.4 is 5.32 Å². The second-order valence-electron chi connectivity index (χ2n) is 4.75. The zero-order valence-electron chi connectivity index (χ0n) is 12.3. The maximum absolute atomic E-state index is 12.1. The zero-order valence-corrected chi connectivity index (χ0v) is 13.1. The number of rotatable bonds is 6. The summed E-state index contributed by atoms with van der Waals surface area (Å²) in [5.41, 5.74) is 2.93. The molecule has 2 unspecified atom stereocenters. The van der Waals surface area contributed by atoms with E-state index in [4.69, 9.17) is 5.11 Å². The largest absolute Gasteiger partial charge is 0.480 e. The number of hydrogen-bond acceptors (Lipinski definition) is 3. The molecular weight excluding hydrogens is 274 g/mol. The van der Waals surface area contributed by atoms with Gasteiger partial charge in [-0.2, -0.15) is 0 Å². The van der Waals surface area contributed by atoms with Crippen molar-refractivity contribution < 1.29 is 14.7 Å². The van der Waals surface area contributed by atoms with E-state index in [-0.39, 0.29) is 5.91 Å². The van der Waals surface area contributed by atoms with Gasteiger partial charge in [-0.1, -0.05) is 19.1 Å². The monoisotopic (exact) mass is 295 g/mol. The van der Waals surface area contributed by atoms with Crippen molar-refractivity contribution in [2.75, 3.05) is 5.32 Å². The van der Waals surface area contributed by atoms with Gasteiger partial charge in [-0.25, -0.2) is 0 Å². The number of aryl methyl sites for hydroxylation is 1. The molecule has 0 bridgehead atoms. The minimum absolute atomic E-state index is 0.164. The van der Waals surface area contributed by atoms with Gasteiger partial charge in [-0.15, -0.1) is 11.8 Å². The van der Waals surface area contributed by atoms with E-state index in [2.05, 4.69) is 5.32 Å². The smallest absolute Gasteiger partial charge is 0.316 e.